The van der Waals surface area contributed by atoms with E-state index in [4.69, 9.17) is 11.6 Å². The number of amides is 2. The second-order valence-corrected chi connectivity index (χ2v) is 9.90. The summed E-state index contributed by atoms with van der Waals surface area (Å²) in [7, 11) is -3.95. The molecule has 33 heavy (non-hydrogen) atoms. The summed E-state index contributed by atoms with van der Waals surface area (Å²) in [5.41, 5.74) is 2.65. The van der Waals surface area contributed by atoms with Crippen LogP contribution in [0, 0.1) is 6.92 Å². The Morgan fingerprint density at radius 1 is 0.909 bits per heavy atom. The molecular formula is C24H24ClN3O4S. The summed E-state index contributed by atoms with van der Waals surface area (Å²) in [6.07, 6.45) is 0. The molecule has 0 spiro atoms. The second-order valence-electron chi connectivity index (χ2n) is 7.52. The van der Waals surface area contributed by atoms with E-state index in [1.807, 2.05) is 6.92 Å². The van der Waals surface area contributed by atoms with E-state index in [9.17, 15) is 18.0 Å². The zero-order chi connectivity index (χ0) is 24.0. The van der Waals surface area contributed by atoms with E-state index in [0.29, 0.717) is 22.0 Å². The summed E-state index contributed by atoms with van der Waals surface area (Å²) in [6.45, 7) is 2.85. The fourth-order valence-electron chi connectivity index (χ4n) is 3.12. The molecule has 0 atom stereocenters. The highest BCUT2D eigenvalue weighted by atomic mass is 35.5. The van der Waals surface area contributed by atoms with Crippen molar-refractivity contribution in [3.8, 4) is 0 Å². The number of carbonyl (C=O) groups excluding carboxylic acids is 2. The van der Waals surface area contributed by atoms with E-state index in [1.165, 1.54) is 19.1 Å². The molecule has 0 aromatic heterocycles. The standard InChI is InChI=1S/C24H24ClN3O4S/c1-17-6-12-23(13-7-17)33(31,32)28(15-19-4-3-5-20(25)14-19)16-24(30)27-22-10-8-21(9-11-22)26-18(2)29/h3-14H,15-16H2,1-2H3,(H,26,29)(H,27,30). The number of rotatable bonds is 8. The number of halogens is 1. The van der Waals surface area contributed by atoms with E-state index in [-0.39, 0.29) is 17.3 Å². The van der Waals surface area contributed by atoms with Gasteiger partial charge in [-0.05, 0) is 61.0 Å². The fraction of sp³-hybridized carbons (Fsp3) is 0.167. The highest BCUT2D eigenvalue weighted by Gasteiger charge is 2.27. The average Bonchev–Trinajstić information content (AvgIpc) is 2.74. The van der Waals surface area contributed by atoms with Gasteiger partial charge in [-0.25, -0.2) is 8.42 Å². The molecule has 0 heterocycles. The lowest BCUT2D eigenvalue weighted by molar-refractivity contribution is -0.116. The maximum Gasteiger partial charge on any atom is 0.243 e. The van der Waals surface area contributed by atoms with Crippen LogP contribution in [0.5, 0.6) is 0 Å². The first kappa shape index (κ1) is 24.4. The van der Waals surface area contributed by atoms with Crippen LogP contribution in [0.2, 0.25) is 5.02 Å². The molecule has 2 amide bonds. The normalized spacial score (nSPS) is 11.3. The molecule has 0 saturated heterocycles. The molecule has 0 aliphatic carbocycles. The minimum Gasteiger partial charge on any atom is -0.326 e. The highest BCUT2D eigenvalue weighted by Crippen LogP contribution is 2.21. The fourth-order valence-corrected chi connectivity index (χ4v) is 4.72. The van der Waals surface area contributed by atoms with Gasteiger partial charge in [-0.2, -0.15) is 4.31 Å². The molecule has 7 nitrogen and oxygen atoms in total. The van der Waals surface area contributed by atoms with Crippen molar-refractivity contribution >= 4 is 44.8 Å². The highest BCUT2D eigenvalue weighted by molar-refractivity contribution is 7.89. The first-order valence-electron chi connectivity index (χ1n) is 10.1. The Balaban J connectivity index is 1.82. The van der Waals surface area contributed by atoms with Gasteiger partial charge in [0, 0.05) is 29.9 Å². The summed E-state index contributed by atoms with van der Waals surface area (Å²) < 4.78 is 27.8. The van der Waals surface area contributed by atoms with Crippen molar-refractivity contribution in [2.24, 2.45) is 0 Å². The maximum absolute atomic E-state index is 13.3. The van der Waals surface area contributed by atoms with Crippen LogP contribution >= 0.6 is 11.6 Å². The Labute approximate surface area is 198 Å². The maximum atomic E-state index is 13.3. The van der Waals surface area contributed by atoms with E-state index in [0.717, 1.165) is 9.87 Å². The van der Waals surface area contributed by atoms with Crippen LogP contribution in [-0.2, 0) is 26.2 Å². The third-order valence-electron chi connectivity index (χ3n) is 4.72. The molecule has 3 aromatic rings. The summed E-state index contributed by atoms with van der Waals surface area (Å²) in [5.74, 6) is -0.704. The topological polar surface area (TPSA) is 95.6 Å². The van der Waals surface area contributed by atoms with Crippen molar-refractivity contribution in [3.05, 3.63) is 88.9 Å². The van der Waals surface area contributed by atoms with Gasteiger partial charge in [-0.3, -0.25) is 9.59 Å². The van der Waals surface area contributed by atoms with Gasteiger partial charge in [0.05, 0.1) is 11.4 Å². The Bertz CT molecular complexity index is 1240. The van der Waals surface area contributed by atoms with Gasteiger partial charge in [-0.15, -0.1) is 0 Å². The predicted octanol–water partition coefficient (Wildman–Crippen LogP) is 4.44. The number of anilines is 2. The Morgan fingerprint density at radius 2 is 1.52 bits per heavy atom. The quantitative estimate of drug-likeness (QED) is 0.493. The summed E-state index contributed by atoms with van der Waals surface area (Å²) in [6, 6.07) is 19.8. The van der Waals surface area contributed by atoms with Crippen LogP contribution in [0.25, 0.3) is 0 Å². The Morgan fingerprint density at radius 3 is 2.09 bits per heavy atom. The van der Waals surface area contributed by atoms with Crippen molar-refractivity contribution < 1.29 is 18.0 Å². The molecule has 0 fully saturated rings. The zero-order valence-corrected chi connectivity index (χ0v) is 19.8. The van der Waals surface area contributed by atoms with Crippen molar-refractivity contribution in [2.45, 2.75) is 25.3 Å². The van der Waals surface area contributed by atoms with E-state index in [1.54, 1.807) is 60.7 Å². The van der Waals surface area contributed by atoms with Crippen LogP contribution in [0.1, 0.15) is 18.1 Å². The molecule has 9 heteroatoms. The summed E-state index contributed by atoms with van der Waals surface area (Å²) in [5, 5.41) is 5.82. The molecular weight excluding hydrogens is 462 g/mol. The molecule has 0 radical (unpaired) electrons. The smallest absolute Gasteiger partial charge is 0.243 e. The molecule has 0 aliphatic rings. The van der Waals surface area contributed by atoms with Crippen LogP contribution in [-0.4, -0.2) is 31.1 Å². The number of nitrogens with zero attached hydrogens (tertiary/aromatic N) is 1. The van der Waals surface area contributed by atoms with Gasteiger partial charge in [0.1, 0.15) is 0 Å². The predicted molar refractivity (Wildman–Crippen MR) is 130 cm³/mol. The van der Waals surface area contributed by atoms with Gasteiger partial charge in [0.15, 0.2) is 0 Å². The van der Waals surface area contributed by atoms with Gasteiger partial charge < -0.3 is 10.6 Å². The molecule has 0 saturated carbocycles. The number of carbonyl (C=O) groups is 2. The number of hydrogen-bond acceptors (Lipinski definition) is 4. The number of nitrogens with one attached hydrogen (secondary N) is 2. The molecule has 3 aromatic carbocycles. The van der Waals surface area contributed by atoms with Gasteiger partial charge >= 0.3 is 0 Å². The molecule has 172 valence electrons. The molecule has 0 unspecified atom stereocenters. The van der Waals surface area contributed by atoms with Crippen LogP contribution in [0.3, 0.4) is 0 Å². The largest absolute Gasteiger partial charge is 0.326 e. The summed E-state index contributed by atoms with van der Waals surface area (Å²) >= 11 is 6.06. The first-order chi connectivity index (χ1) is 15.6. The number of benzene rings is 3. The molecule has 0 aliphatic heterocycles. The SMILES string of the molecule is CC(=O)Nc1ccc(NC(=O)CN(Cc2cccc(Cl)c2)S(=O)(=O)c2ccc(C)cc2)cc1. The minimum absolute atomic E-state index is 0.0222. The monoisotopic (exact) mass is 485 g/mol. The summed E-state index contributed by atoms with van der Waals surface area (Å²) in [4.78, 5) is 24.0. The van der Waals surface area contributed by atoms with E-state index in [2.05, 4.69) is 10.6 Å². The lowest BCUT2D eigenvalue weighted by Gasteiger charge is -2.22. The van der Waals surface area contributed by atoms with Gasteiger partial charge in [0.25, 0.3) is 0 Å². The minimum atomic E-state index is -3.95. The molecule has 3 rings (SSSR count). The van der Waals surface area contributed by atoms with Crippen molar-refractivity contribution in [1.29, 1.82) is 0 Å². The van der Waals surface area contributed by atoms with E-state index >= 15 is 0 Å². The average molecular weight is 486 g/mol. The lowest BCUT2D eigenvalue weighted by Crippen LogP contribution is -2.37. The van der Waals surface area contributed by atoms with Gasteiger partial charge in [0.2, 0.25) is 21.8 Å². The van der Waals surface area contributed by atoms with Crippen LogP contribution in [0.15, 0.2) is 77.7 Å². The van der Waals surface area contributed by atoms with Crippen molar-refractivity contribution in [3.63, 3.8) is 0 Å². The molecule has 2 N–H and O–H groups in total. The second kappa shape index (κ2) is 10.6. The number of hydrogen-bond donors (Lipinski definition) is 2. The van der Waals surface area contributed by atoms with Crippen molar-refractivity contribution in [1.82, 2.24) is 4.31 Å². The van der Waals surface area contributed by atoms with Crippen molar-refractivity contribution in [2.75, 3.05) is 17.2 Å². The van der Waals surface area contributed by atoms with E-state index < -0.39 is 22.5 Å². The Kier molecular flexibility index (Phi) is 7.86. The number of aryl methyl sites for hydroxylation is 1. The molecule has 0 bridgehead atoms. The zero-order valence-electron chi connectivity index (χ0n) is 18.2. The van der Waals surface area contributed by atoms with Crippen LogP contribution < -0.4 is 10.6 Å². The third-order valence-corrected chi connectivity index (χ3v) is 6.76. The van der Waals surface area contributed by atoms with Crippen LogP contribution in [0.4, 0.5) is 11.4 Å². The Hall–Kier alpha value is -3.20. The first-order valence-corrected chi connectivity index (χ1v) is 11.9. The van der Waals surface area contributed by atoms with Gasteiger partial charge in [-0.1, -0.05) is 41.4 Å². The number of sulfonamides is 1. The third kappa shape index (κ3) is 6.89. The lowest BCUT2D eigenvalue weighted by atomic mass is 10.2.